The van der Waals surface area contributed by atoms with Crippen LogP contribution in [0.15, 0.2) is 59.4 Å². The topological polar surface area (TPSA) is 39.3 Å². The van der Waals surface area contributed by atoms with Crippen LogP contribution in [0.3, 0.4) is 0 Å². The van der Waals surface area contributed by atoms with Crippen molar-refractivity contribution in [3.63, 3.8) is 0 Å². The number of hydrogen-bond acceptors (Lipinski definition) is 2. The first-order valence-corrected chi connectivity index (χ1v) is 9.08. The minimum atomic E-state index is 0. The molecule has 1 fully saturated rings. The van der Waals surface area contributed by atoms with Crippen LogP contribution >= 0.6 is 0 Å². The van der Waals surface area contributed by atoms with Gasteiger partial charge in [-0.2, -0.15) is 5.10 Å². The maximum atomic E-state index is 13.0. The van der Waals surface area contributed by atoms with Gasteiger partial charge in [0, 0.05) is 24.6 Å². The van der Waals surface area contributed by atoms with Crippen LogP contribution in [-0.2, 0) is 6.42 Å². The van der Waals surface area contributed by atoms with E-state index >= 15 is 0 Å². The van der Waals surface area contributed by atoms with Crippen LogP contribution in [0.2, 0.25) is 0 Å². The van der Waals surface area contributed by atoms with Gasteiger partial charge in [-0.25, -0.2) is 4.68 Å². The smallest absolute Gasteiger partial charge is 0.274 e. The Bertz CT molecular complexity index is 931. The molecule has 0 radical (unpaired) electrons. The van der Waals surface area contributed by atoms with E-state index in [2.05, 4.69) is 19.2 Å². The molecule has 0 bridgehead atoms. The van der Waals surface area contributed by atoms with Gasteiger partial charge in [0.1, 0.15) is 0 Å². The molecule has 3 aromatic rings. The van der Waals surface area contributed by atoms with Gasteiger partial charge in [-0.05, 0) is 11.6 Å². The maximum absolute atomic E-state index is 13.0. The number of nitrogens with zero attached hydrogens (tertiary/aromatic N) is 2. The Labute approximate surface area is 159 Å². The third kappa shape index (κ3) is 3.67. The molecule has 0 unspecified atom stereocenters. The van der Waals surface area contributed by atoms with Gasteiger partial charge in [0.05, 0.1) is 37.3 Å². The highest BCUT2D eigenvalue weighted by molar-refractivity contribution is 5.83. The Morgan fingerprint density at radius 2 is 1.62 bits per heavy atom. The SMILES string of the molecule is C[NH+]1CCC(n2nc(Cc3ccccc3)c3ccccc3c2=O)CC1.[Cl-]. The lowest BCUT2D eigenvalue weighted by molar-refractivity contribution is -0.885. The first-order chi connectivity index (χ1) is 12.2. The molecule has 136 valence electrons. The van der Waals surface area contributed by atoms with Gasteiger partial charge in [0.25, 0.3) is 5.56 Å². The molecule has 1 aromatic heterocycles. The third-order valence-corrected chi connectivity index (χ3v) is 5.27. The number of benzene rings is 2. The molecule has 0 aliphatic carbocycles. The van der Waals surface area contributed by atoms with E-state index in [0.29, 0.717) is 0 Å². The number of aromatic nitrogens is 2. The lowest BCUT2D eigenvalue weighted by Gasteiger charge is -2.27. The summed E-state index contributed by atoms with van der Waals surface area (Å²) in [5, 5.41) is 6.60. The van der Waals surface area contributed by atoms with Crippen LogP contribution < -0.4 is 22.9 Å². The predicted molar refractivity (Wildman–Crippen MR) is 100 cm³/mol. The van der Waals surface area contributed by atoms with Gasteiger partial charge >= 0.3 is 0 Å². The van der Waals surface area contributed by atoms with E-state index in [4.69, 9.17) is 5.10 Å². The quantitative estimate of drug-likeness (QED) is 0.632. The summed E-state index contributed by atoms with van der Waals surface area (Å²) in [7, 11) is 2.22. The molecule has 5 heteroatoms. The Morgan fingerprint density at radius 1 is 1.00 bits per heavy atom. The Morgan fingerprint density at radius 3 is 2.31 bits per heavy atom. The fourth-order valence-electron chi connectivity index (χ4n) is 3.78. The summed E-state index contributed by atoms with van der Waals surface area (Å²) in [5.41, 5.74) is 2.27. The van der Waals surface area contributed by atoms with Crippen LogP contribution in [0.5, 0.6) is 0 Å². The second kappa shape index (κ2) is 8.02. The molecular weight excluding hydrogens is 346 g/mol. The number of fused-ring (bicyclic) bond motifs is 1. The molecule has 26 heavy (non-hydrogen) atoms. The average Bonchev–Trinajstić information content (AvgIpc) is 2.66. The summed E-state index contributed by atoms with van der Waals surface area (Å²) in [4.78, 5) is 14.5. The lowest BCUT2D eigenvalue weighted by atomic mass is 10.0. The monoisotopic (exact) mass is 369 g/mol. The molecule has 4 rings (SSSR count). The van der Waals surface area contributed by atoms with E-state index in [1.807, 2.05) is 42.5 Å². The molecule has 2 heterocycles. The zero-order valence-electron chi connectivity index (χ0n) is 15.0. The molecule has 0 saturated carbocycles. The molecule has 2 aromatic carbocycles. The van der Waals surface area contributed by atoms with Crippen molar-refractivity contribution in [2.45, 2.75) is 25.3 Å². The van der Waals surface area contributed by atoms with Crippen molar-refractivity contribution in [2.75, 3.05) is 20.1 Å². The first-order valence-electron chi connectivity index (χ1n) is 9.08. The van der Waals surface area contributed by atoms with E-state index in [0.717, 1.165) is 48.8 Å². The Balaban J connectivity index is 0.00000196. The standard InChI is InChI=1S/C21H23N3O.ClH/c1-23-13-11-17(12-14-23)24-21(25)19-10-6-5-9-18(19)20(22-24)15-16-7-3-2-4-8-16;/h2-10,17H,11-15H2,1H3;1H. The predicted octanol–water partition coefficient (Wildman–Crippen LogP) is -1.16. The molecule has 0 atom stereocenters. The number of nitrogens with one attached hydrogen (secondary N) is 1. The van der Waals surface area contributed by atoms with Crippen LogP contribution in [0.25, 0.3) is 10.8 Å². The molecule has 0 spiro atoms. The van der Waals surface area contributed by atoms with E-state index in [-0.39, 0.29) is 24.0 Å². The second-order valence-electron chi connectivity index (χ2n) is 7.09. The van der Waals surface area contributed by atoms with Gasteiger partial charge in [-0.3, -0.25) is 4.79 Å². The minimum Gasteiger partial charge on any atom is -1.00 e. The van der Waals surface area contributed by atoms with Crippen molar-refractivity contribution >= 4 is 10.8 Å². The highest BCUT2D eigenvalue weighted by Gasteiger charge is 2.24. The van der Waals surface area contributed by atoms with Crippen molar-refractivity contribution in [1.82, 2.24) is 9.78 Å². The fourth-order valence-corrected chi connectivity index (χ4v) is 3.78. The van der Waals surface area contributed by atoms with Crippen LogP contribution in [0.1, 0.15) is 30.1 Å². The molecule has 4 nitrogen and oxygen atoms in total. The molecule has 1 saturated heterocycles. The molecule has 1 aliphatic heterocycles. The first kappa shape index (κ1) is 18.6. The fraction of sp³-hybridized carbons (Fsp3) is 0.333. The zero-order chi connectivity index (χ0) is 17.2. The number of rotatable bonds is 3. The molecule has 0 amide bonds. The number of piperidine rings is 1. The number of likely N-dealkylation sites (tertiary alicyclic amines) is 1. The molecule has 1 N–H and O–H groups in total. The van der Waals surface area contributed by atoms with Gasteiger partial charge in [0.15, 0.2) is 0 Å². The largest absolute Gasteiger partial charge is 1.00 e. The molecular formula is C21H24ClN3O. The number of hydrogen-bond donors (Lipinski definition) is 1. The van der Waals surface area contributed by atoms with Crippen molar-refractivity contribution in [1.29, 1.82) is 0 Å². The van der Waals surface area contributed by atoms with Gasteiger partial charge < -0.3 is 17.3 Å². The Hall–Kier alpha value is -2.17. The average molecular weight is 370 g/mol. The summed E-state index contributed by atoms with van der Waals surface area (Å²) < 4.78 is 1.77. The normalized spacial score (nSPS) is 19.9. The van der Waals surface area contributed by atoms with E-state index < -0.39 is 0 Å². The van der Waals surface area contributed by atoms with Gasteiger partial charge in [-0.1, -0.05) is 48.5 Å². The Kier molecular flexibility index (Phi) is 5.74. The van der Waals surface area contributed by atoms with Crippen LogP contribution in [0.4, 0.5) is 0 Å². The summed E-state index contributed by atoms with van der Waals surface area (Å²) in [6.45, 7) is 2.19. The summed E-state index contributed by atoms with van der Waals surface area (Å²) in [6.07, 6.45) is 2.78. The zero-order valence-corrected chi connectivity index (χ0v) is 15.7. The van der Waals surface area contributed by atoms with Gasteiger partial charge in [-0.15, -0.1) is 0 Å². The number of quaternary nitrogens is 1. The van der Waals surface area contributed by atoms with Gasteiger partial charge in [0.2, 0.25) is 0 Å². The minimum absolute atomic E-state index is 0. The highest BCUT2D eigenvalue weighted by Crippen LogP contribution is 2.20. The summed E-state index contributed by atoms with van der Waals surface area (Å²) in [5.74, 6) is 0. The van der Waals surface area contributed by atoms with Crippen LogP contribution in [-0.4, -0.2) is 29.9 Å². The lowest BCUT2D eigenvalue weighted by Crippen LogP contribution is -3.10. The highest BCUT2D eigenvalue weighted by atomic mass is 35.5. The van der Waals surface area contributed by atoms with E-state index in [1.165, 1.54) is 10.5 Å². The van der Waals surface area contributed by atoms with Crippen molar-refractivity contribution in [3.8, 4) is 0 Å². The van der Waals surface area contributed by atoms with Crippen molar-refractivity contribution in [2.24, 2.45) is 0 Å². The van der Waals surface area contributed by atoms with Crippen molar-refractivity contribution in [3.05, 3.63) is 76.2 Å². The maximum Gasteiger partial charge on any atom is 0.274 e. The number of halogens is 1. The summed E-state index contributed by atoms with van der Waals surface area (Å²) in [6, 6.07) is 18.5. The summed E-state index contributed by atoms with van der Waals surface area (Å²) >= 11 is 0. The van der Waals surface area contributed by atoms with Crippen molar-refractivity contribution < 1.29 is 17.3 Å². The van der Waals surface area contributed by atoms with E-state index in [1.54, 1.807) is 4.68 Å². The second-order valence-corrected chi connectivity index (χ2v) is 7.09. The van der Waals surface area contributed by atoms with Crippen LogP contribution in [0, 0.1) is 0 Å². The van der Waals surface area contributed by atoms with E-state index in [9.17, 15) is 4.79 Å². The third-order valence-electron chi connectivity index (χ3n) is 5.27. The molecule has 1 aliphatic rings.